The molecule has 1 saturated carbocycles. The Morgan fingerprint density at radius 1 is 1.06 bits per heavy atom. The number of piperazine rings is 1. The minimum Gasteiger partial charge on any atom is -0.495 e. The summed E-state index contributed by atoms with van der Waals surface area (Å²) < 4.78 is 5.54. The van der Waals surface area contributed by atoms with E-state index in [1.165, 1.54) is 6.42 Å². The summed E-state index contributed by atoms with van der Waals surface area (Å²) in [6, 6.07) is 13.8. The Hall–Kier alpha value is -1.46. The van der Waals surface area contributed by atoms with Gasteiger partial charge in [-0.05, 0) is 42.7 Å². The van der Waals surface area contributed by atoms with Crippen LogP contribution in [0.5, 0.6) is 5.75 Å². The molecule has 0 spiro atoms. The molecule has 2 atom stereocenters. The van der Waals surface area contributed by atoms with Gasteiger partial charge in [0.15, 0.2) is 0 Å². The summed E-state index contributed by atoms with van der Waals surface area (Å²) in [5, 5.41) is 12.9. The first-order valence-electron chi connectivity index (χ1n) is 11.2. The Morgan fingerprint density at radius 3 is 2.58 bits per heavy atom. The van der Waals surface area contributed by atoms with Crippen LogP contribution in [0.1, 0.15) is 31.2 Å². The lowest BCUT2D eigenvalue weighted by Crippen LogP contribution is -2.52. The van der Waals surface area contributed by atoms with E-state index in [0.717, 1.165) is 69.0 Å². The number of rotatable bonds is 6. The molecular weight excluding hydrogens is 431 g/mol. The van der Waals surface area contributed by atoms with Gasteiger partial charge < -0.3 is 14.7 Å². The van der Waals surface area contributed by atoms with Crippen LogP contribution in [0.2, 0.25) is 10.0 Å². The van der Waals surface area contributed by atoms with Crippen molar-refractivity contribution in [1.29, 1.82) is 0 Å². The highest BCUT2D eigenvalue weighted by Gasteiger charge is 2.40. The van der Waals surface area contributed by atoms with E-state index in [-0.39, 0.29) is 5.92 Å². The molecule has 6 heteroatoms. The van der Waals surface area contributed by atoms with Crippen molar-refractivity contribution in [2.24, 2.45) is 5.92 Å². The molecule has 1 heterocycles. The number of benzene rings is 2. The van der Waals surface area contributed by atoms with Gasteiger partial charge >= 0.3 is 0 Å². The summed E-state index contributed by atoms with van der Waals surface area (Å²) in [6.07, 6.45) is 4.74. The van der Waals surface area contributed by atoms with Crippen LogP contribution in [0.3, 0.4) is 0 Å². The van der Waals surface area contributed by atoms with Crippen LogP contribution < -0.4 is 9.64 Å². The summed E-state index contributed by atoms with van der Waals surface area (Å²) in [5.74, 6) is 1.18. The predicted molar refractivity (Wildman–Crippen MR) is 129 cm³/mol. The van der Waals surface area contributed by atoms with Crippen molar-refractivity contribution in [3.8, 4) is 5.75 Å². The molecule has 31 heavy (non-hydrogen) atoms. The van der Waals surface area contributed by atoms with Crippen LogP contribution in [0.4, 0.5) is 5.69 Å². The van der Waals surface area contributed by atoms with Crippen molar-refractivity contribution < 1.29 is 9.84 Å². The van der Waals surface area contributed by atoms with Crippen molar-refractivity contribution >= 4 is 28.9 Å². The maximum atomic E-state index is 11.7. The number of ether oxygens (including phenoxy) is 1. The van der Waals surface area contributed by atoms with Gasteiger partial charge in [0.2, 0.25) is 0 Å². The zero-order chi connectivity index (χ0) is 21.8. The number of anilines is 1. The quantitative estimate of drug-likeness (QED) is 0.632. The lowest BCUT2D eigenvalue weighted by molar-refractivity contribution is -0.0595. The Labute approximate surface area is 195 Å². The molecule has 2 unspecified atom stereocenters. The Kier molecular flexibility index (Phi) is 7.33. The zero-order valence-corrected chi connectivity index (χ0v) is 19.7. The first-order chi connectivity index (χ1) is 15.0. The van der Waals surface area contributed by atoms with E-state index in [1.807, 2.05) is 24.3 Å². The number of hydrogen-bond donors (Lipinski definition) is 1. The second-order valence-corrected chi connectivity index (χ2v) is 9.76. The Morgan fingerprint density at radius 2 is 1.84 bits per heavy atom. The highest BCUT2D eigenvalue weighted by molar-refractivity contribution is 6.35. The minimum absolute atomic E-state index is 0.255. The standard InChI is InChI=1S/C25H32Cl2N2O2/c1-31-24-8-3-2-7-23(24)29-14-12-28(13-15-29)18-20-6-4-5-11-25(20,30)17-19-9-10-21(26)16-22(19)27/h2-3,7-10,16,20,30H,4-6,11-15,17-18H2,1H3. The van der Waals surface area contributed by atoms with E-state index in [4.69, 9.17) is 27.9 Å². The van der Waals surface area contributed by atoms with Gasteiger partial charge in [-0.25, -0.2) is 0 Å². The zero-order valence-electron chi connectivity index (χ0n) is 18.2. The first kappa shape index (κ1) is 22.7. The third kappa shape index (κ3) is 5.31. The fraction of sp³-hybridized carbons (Fsp3) is 0.520. The summed E-state index contributed by atoms with van der Waals surface area (Å²) in [7, 11) is 1.73. The molecule has 1 aliphatic heterocycles. The van der Waals surface area contributed by atoms with Crippen LogP contribution in [0, 0.1) is 5.92 Å². The number of nitrogens with zero attached hydrogens (tertiary/aromatic N) is 2. The lowest BCUT2D eigenvalue weighted by atomic mass is 9.72. The van der Waals surface area contributed by atoms with Gasteiger partial charge in [0.25, 0.3) is 0 Å². The molecule has 0 bridgehead atoms. The SMILES string of the molecule is COc1ccccc1N1CCN(CC2CCCCC2(O)Cc2ccc(Cl)cc2Cl)CC1. The van der Waals surface area contributed by atoms with Gasteiger partial charge in [0, 0.05) is 55.1 Å². The predicted octanol–water partition coefficient (Wildman–Crippen LogP) is 5.29. The normalized spacial score (nSPS) is 24.9. The first-order valence-corrected chi connectivity index (χ1v) is 12.0. The minimum atomic E-state index is -0.713. The van der Waals surface area contributed by atoms with Gasteiger partial charge in [0.05, 0.1) is 18.4 Å². The molecule has 1 saturated heterocycles. The van der Waals surface area contributed by atoms with E-state index in [9.17, 15) is 5.11 Å². The van der Waals surface area contributed by atoms with Crippen molar-refractivity contribution in [1.82, 2.24) is 4.90 Å². The molecule has 2 aromatic rings. The van der Waals surface area contributed by atoms with Crippen molar-refractivity contribution in [2.75, 3.05) is 44.7 Å². The summed E-state index contributed by atoms with van der Waals surface area (Å²) in [6.45, 7) is 4.85. The number of halogens is 2. The summed E-state index contributed by atoms with van der Waals surface area (Å²) >= 11 is 12.5. The molecule has 168 valence electrons. The van der Waals surface area contributed by atoms with E-state index >= 15 is 0 Å². The van der Waals surface area contributed by atoms with Gasteiger partial charge in [-0.3, -0.25) is 4.90 Å². The van der Waals surface area contributed by atoms with Gasteiger partial charge in [-0.15, -0.1) is 0 Å². The molecule has 0 radical (unpaired) electrons. The van der Waals surface area contributed by atoms with Crippen LogP contribution in [0.25, 0.3) is 0 Å². The van der Waals surface area contributed by atoms with Crippen molar-refractivity contribution in [3.63, 3.8) is 0 Å². The van der Waals surface area contributed by atoms with Crippen LogP contribution in [-0.4, -0.2) is 55.4 Å². The smallest absolute Gasteiger partial charge is 0.142 e. The molecule has 1 N–H and O–H groups in total. The highest BCUT2D eigenvalue weighted by Crippen LogP contribution is 2.39. The lowest BCUT2D eigenvalue weighted by Gasteiger charge is -2.44. The molecule has 4 rings (SSSR count). The molecule has 2 aliphatic rings. The van der Waals surface area contributed by atoms with Gasteiger partial charge in [0.1, 0.15) is 5.75 Å². The fourth-order valence-corrected chi connectivity index (χ4v) is 5.63. The number of para-hydroxylation sites is 2. The number of aliphatic hydroxyl groups is 1. The molecule has 0 amide bonds. The van der Waals surface area contributed by atoms with Crippen LogP contribution >= 0.6 is 23.2 Å². The highest BCUT2D eigenvalue weighted by atomic mass is 35.5. The fourth-order valence-electron chi connectivity index (χ4n) is 5.16. The molecule has 4 nitrogen and oxygen atoms in total. The second kappa shape index (κ2) is 9.99. The van der Waals surface area contributed by atoms with Gasteiger partial charge in [-0.2, -0.15) is 0 Å². The maximum absolute atomic E-state index is 11.7. The average Bonchev–Trinajstić information content (AvgIpc) is 2.78. The molecule has 1 aliphatic carbocycles. The Balaban J connectivity index is 1.39. The van der Waals surface area contributed by atoms with Crippen LogP contribution in [-0.2, 0) is 6.42 Å². The topological polar surface area (TPSA) is 35.9 Å². The summed E-state index contributed by atoms with van der Waals surface area (Å²) in [5.41, 5.74) is 1.44. The van der Waals surface area contributed by atoms with E-state index in [0.29, 0.717) is 16.5 Å². The third-order valence-electron chi connectivity index (χ3n) is 6.96. The molecular formula is C25H32Cl2N2O2. The second-order valence-electron chi connectivity index (χ2n) is 8.92. The molecule has 2 aromatic carbocycles. The number of hydrogen-bond acceptors (Lipinski definition) is 4. The number of methoxy groups -OCH3 is 1. The van der Waals surface area contributed by atoms with Gasteiger partial charge in [-0.1, -0.05) is 54.2 Å². The largest absolute Gasteiger partial charge is 0.495 e. The van der Waals surface area contributed by atoms with Crippen molar-refractivity contribution in [3.05, 3.63) is 58.1 Å². The monoisotopic (exact) mass is 462 g/mol. The molecule has 0 aromatic heterocycles. The maximum Gasteiger partial charge on any atom is 0.142 e. The Bertz CT molecular complexity index is 886. The average molecular weight is 463 g/mol. The van der Waals surface area contributed by atoms with Crippen molar-refractivity contribution in [2.45, 2.75) is 37.7 Å². The van der Waals surface area contributed by atoms with E-state index in [1.54, 1.807) is 13.2 Å². The summed E-state index contributed by atoms with van der Waals surface area (Å²) in [4.78, 5) is 4.91. The third-order valence-corrected chi connectivity index (χ3v) is 7.55. The van der Waals surface area contributed by atoms with Crippen LogP contribution in [0.15, 0.2) is 42.5 Å². The van der Waals surface area contributed by atoms with E-state index in [2.05, 4.69) is 21.9 Å². The van der Waals surface area contributed by atoms with E-state index < -0.39 is 5.60 Å². The molecule has 2 fully saturated rings.